The summed E-state index contributed by atoms with van der Waals surface area (Å²) >= 11 is 0. The number of hydrogen-bond acceptors (Lipinski definition) is 7. The van der Waals surface area contributed by atoms with Crippen molar-refractivity contribution in [3.05, 3.63) is 84.3 Å². The fourth-order valence-electron chi connectivity index (χ4n) is 5.34. The first-order valence-corrected chi connectivity index (χ1v) is 15.2. The van der Waals surface area contributed by atoms with Crippen molar-refractivity contribution in [2.45, 2.75) is 38.6 Å². The number of benzene rings is 3. The molecule has 2 N–H and O–H groups in total. The van der Waals surface area contributed by atoms with Gasteiger partial charge in [-0.15, -0.1) is 0 Å². The van der Waals surface area contributed by atoms with Gasteiger partial charge in [0, 0.05) is 35.4 Å². The summed E-state index contributed by atoms with van der Waals surface area (Å²) in [5.41, 5.74) is 1.79. The van der Waals surface area contributed by atoms with Gasteiger partial charge in [0.1, 0.15) is 5.75 Å². The molecule has 1 aliphatic rings. The van der Waals surface area contributed by atoms with E-state index >= 15 is 4.39 Å². The molecule has 1 aliphatic heterocycles. The number of fused-ring (bicyclic) bond motifs is 1. The van der Waals surface area contributed by atoms with Gasteiger partial charge in [-0.25, -0.2) is 4.39 Å². The average molecular weight is 615 g/mol. The lowest BCUT2D eigenvalue weighted by molar-refractivity contribution is -0.136. The number of carbonyl (C=O) groups excluding carboxylic acids is 2. The summed E-state index contributed by atoms with van der Waals surface area (Å²) in [4.78, 5) is 31.9. The van der Waals surface area contributed by atoms with Crippen molar-refractivity contribution in [1.29, 1.82) is 0 Å². The van der Waals surface area contributed by atoms with Crippen LogP contribution in [0.5, 0.6) is 23.0 Å². The Balaban J connectivity index is 1.23. The number of halogens is 1. The van der Waals surface area contributed by atoms with Gasteiger partial charge in [-0.1, -0.05) is 37.3 Å². The van der Waals surface area contributed by atoms with Crippen LogP contribution in [0, 0.1) is 11.7 Å². The summed E-state index contributed by atoms with van der Waals surface area (Å²) in [5, 5.41) is 5.84. The fraction of sp³-hybridized carbons (Fsp3) is 0.343. The van der Waals surface area contributed by atoms with Gasteiger partial charge in [0.25, 0.3) is 0 Å². The number of likely N-dealkylation sites (tertiary alicyclic amines) is 1. The summed E-state index contributed by atoms with van der Waals surface area (Å²) in [6.45, 7) is 4.64. The van der Waals surface area contributed by atoms with Gasteiger partial charge in [0.2, 0.25) is 0 Å². The SMILES string of the molecule is CCC(Cc1ccccc1)NC(=O)C(=O)Nc1ccc(Oc2ccnc3cc(OCC4CCN(C)CC4)c(OC)cc23)c(F)c1. The summed E-state index contributed by atoms with van der Waals surface area (Å²) in [7, 11) is 3.70. The molecule has 5 rings (SSSR count). The molecule has 1 atom stereocenters. The molecule has 4 aromatic rings. The van der Waals surface area contributed by atoms with Crippen molar-refractivity contribution >= 4 is 28.4 Å². The minimum atomic E-state index is -0.879. The highest BCUT2D eigenvalue weighted by Crippen LogP contribution is 2.38. The third-order valence-electron chi connectivity index (χ3n) is 8.07. The summed E-state index contributed by atoms with van der Waals surface area (Å²) in [5.74, 6) is -0.463. The first-order chi connectivity index (χ1) is 21.8. The Morgan fingerprint density at radius 2 is 1.76 bits per heavy atom. The van der Waals surface area contributed by atoms with E-state index in [2.05, 4.69) is 27.6 Å². The number of hydrogen-bond donors (Lipinski definition) is 2. The Labute approximate surface area is 262 Å². The van der Waals surface area contributed by atoms with E-state index in [0.29, 0.717) is 53.5 Å². The predicted molar refractivity (Wildman–Crippen MR) is 171 cm³/mol. The maximum Gasteiger partial charge on any atom is 0.313 e. The summed E-state index contributed by atoms with van der Waals surface area (Å²) in [6, 6.07) is 18.7. The lowest BCUT2D eigenvalue weighted by atomic mass is 9.98. The molecule has 2 heterocycles. The molecular formula is C35H39FN4O5. The number of aromatic nitrogens is 1. The number of nitrogens with zero attached hydrogens (tertiary/aromatic N) is 2. The van der Waals surface area contributed by atoms with E-state index in [1.165, 1.54) is 12.1 Å². The van der Waals surface area contributed by atoms with Gasteiger partial charge >= 0.3 is 11.8 Å². The van der Waals surface area contributed by atoms with Crippen molar-refractivity contribution in [2.75, 3.05) is 39.2 Å². The van der Waals surface area contributed by atoms with Gasteiger partial charge in [0.15, 0.2) is 23.1 Å². The lowest BCUT2D eigenvalue weighted by Gasteiger charge is -2.28. The van der Waals surface area contributed by atoms with Crippen LogP contribution in [0.15, 0.2) is 72.9 Å². The number of anilines is 1. The van der Waals surface area contributed by atoms with Crippen molar-refractivity contribution < 1.29 is 28.2 Å². The Hall–Kier alpha value is -4.70. The molecule has 45 heavy (non-hydrogen) atoms. The zero-order valence-corrected chi connectivity index (χ0v) is 25.8. The highest BCUT2D eigenvalue weighted by Gasteiger charge is 2.21. The standard InChI is InChI=1S/C35H39FN4O5/c1-4-25(18-23-8-6-5-7-9-23)38-34(41)35(42)39-26-10-11-31(28(36)19-26)45-30-12-15-37-29-21-33(32(43-3)20-27(29)30)44-22-24-13-16-40(2)17-14-24/h5-12,15,19-21,24-25H,4,13-14,16-18,22H2,1-3H3,(H,38,41)(H,39,42). The molecule has 1 unspecified atom stereocenters. The number of pyridine rings is 1. The van der Waals surface area contributed by atoms with Crippen LogP contribution in [-0.4, -0.2) is 61.6 Å². The molecule has 236 valence electrons. The second-order valence-corrected chi connectivity index (χ2v) is 11.4. The van der Waals surface area contributed by atoms with Gasteiger partial charge in [-0.2, -0.15) is 0 Å². The van der Waals surface area contributed by atoms with E-state index in [-0.39, 0.29) is 17.5 Å². The van der Waals surface area contributed by atoms with Crippen molar-refractivity contribution in [3.63, 3.8) is 0 Å². The Kier molecular flexibility index (Phi) is 10.5. The number of carbonyl (C=O) groups is 2. The number of amides is 2. The molecule has 0 aliphatic carbocycles. The second-order valence-electron chi connectivity index (χ2n) is 11.4. The molecule has 0 saturated carbocycles. The van der Waals surface area contributed by atoms with Crippen LogP contribution in [0.1, 0.15) is 31.7 Å². The smallest absolute Gasteiger partial charge is 0.313 e. The Bertz CT molecular complexity index is 1630. The minimum absolute atomic E-state index is 0.0552. The number of methoxy groups -OCH3 is 1. The van der Waals surface area contributed by atoms with Crippen LogP contribution >= 0.6 is 0 Å². The van der Waals surface area contributed by atoms with E-state index < -0.39 is 17.6 Å². The van der Waals surface area contributed by atoms with E-state index in [4.69, 9.17) is 14.2 Å². The zero-order valence-electron chi connectivity index (χ0n) is 25.8. The van der Waals surface area contributed by atoms with E-state index in [1.54, 1.807) is 31.5 Å². The maximum atomic E-state index is 15.2. The van der Waals surface area contributed by atoms with E-state index in [9.17, 15) is 9.59 Å². The quantitative estimate of drug-likeness (QED) is 0.201. The third-order valence-corrected chi connectivity index (χ3v) is 8.07. The highest BCUT2D eigenvalue weighted by atomic mass is 19.1. The predicted octanol–water partition coefficient (Wildman–Crippen LogP) is 5.97. The maximum absolute atomic E-state index is 15.2. The van der Waals surface area contributed by atoms with E-state index in [0.717, 1.165) is 37.6 Å². The fourth-order valence-corrected chi connectivity index (χ4v) is 5.34. The van der Waals surface area contributed by atoms with Gasteiger partial charge in [-0.05, 0) is 81.6 Å². The number of piperidine rings is 1. The van der Waals surface area contributed by atoms with Gasteiger partial charge in [0.05, 0.1) is 19.2 Å². The molecule has 1 saturated heterocycles. The topological polar surface area (TPSA) is 102 Å². The molecule has 2 amide bonds. The first-order valence-electron chi connectivity index (χ1n) is 15.2. The first kappa shape index (κ1) is 31.7. The van der Waals surface area contributed by atoms with Crippen LogP contribution in [0.3, 0.4) is 0 Å². The van der Waals surface area contributed by atoms with Crippen LogP contribution in [0.2, 0.25) is 0 Å². The van der Waals surface area contributed by atoms with Crippen molar-refractivity contribution in [3.8, 4) is 23.0 Å². The van der Waals surface area contributed by atoms with Crippen LogP contribution in [0.4, 0.5) is 10.1 Å². The number of nitrogens with one attached hydrogen (secondary N) is 2. The number of ether oxygens (including phenoxy) is 3. The van der Waals surface area contributed by atoms with Crippen molar-refractivity contribution in [1.82, 2.24) is 15.2 Å². The molecule has 10 heteroatoms. The average Bonchev–Trinajstić information content (AvgIpc) is 3.05. The largest absolute Gasteiger partial charge is 0.493 e. The van der Waals surface area contributed by atoms with Gasteiger partial charge in [-0.3, -0.25) is 14.6 Å². The second kappa shape index (κ2) is 14.9. The summed E-state index contributed by atoms with van der Waals surface area (Å²) < 4.78 is 32.9. The molecule has 3 aromatic carbocycles. The van der Waals surface area contributed by atoms with Crippen LogP contribution in [0.25, 0.3) is 10.9 Å². The van der Waals surface area contributed by atoms with Crippen LogP contribution in [-0.2, 0) is 16.0 Å². The summed E-state index contributed by atoms with van der Waals surface area (Å²) in [6.07, 6.45) is 4.99. The molecule has 0 radical (unpaired) electrons. The third kappa shape index (κ3) is 8.27. The Morgan fingerprint density at radius 1 is 0.978 bits per heavy atom. The normalized spacial score (nSPS) is 14.5. The molecule has 1 aromatic heterocycles. The number of rotatable bonds is 11. The molecule has 1 fully saturated rings. The molecule has 9 nitrogen and oxygen atoms in total. The van der Waals surface area contributed by atoms with E-state index in [1.807, 2.05) is 37.3 Å². The Morgan fingerprint density at radius 3 is 2.47 bits per heavy atom. The monoisotopic (exact) mass is 614 g/mol. The molecular weight excluding hydrogens is 575 g/mol. The molecule has 0 spiro atoms. The minimum Gasteiger partial charge on any atom is -0.493 e. The molecule has 0 bridgehead atoms. The van der Waals surface area contributed by atoms with Gasteiger partial charge < -0.3 is 29.7 Å². The van der Waals surface area contributed by atoms with Crippen molar-refractivity contribution in [2.24, 2.45) is 5.92 Å². The zero-order chi connectivity index (χ0) is 31.8. The van der Waals surface area contributed by atoms with Crippen LogP contribution < -0.4 is 24.8 Å². The highest BCUT2D eigenvalue weighted by molar-refractivity contribution is 6.39. The lowest BCUT2D eigenvalue weighted by Crippen LogP contribution is -2.42.